The number of rotatable bonds is 7. The number of imidazole rings is 1. The van der Waals surface area contributed by atoms with E-state index in [9.17, 15) is 4.79 Å². The number of ether oxygens (including phenoxy) is 1. The molecular weight excluding hydrogens is 346 g/mol. The molecule has 0 aliphatic carbocycles. The minimum atomic E-state index is -0.212. The van der Waals surface area contributed by atoms with Crippen LogP contribution in [0.25, 0.3) is 0 Å². The number of aryl methyl sites for hydroxylation is 1. The van der Waals surface area contributed by atoms with Gasteiger partial charge in [-0.05, 0) is 23.3 Å². The summed E-state index contributed by atoms with van der Waals surface area (Å²) in [5, 5.41) is 3.95. The van der Waals surface area contributed by atoms with Crippen LogP contribution in [0.3, 0.4) is 0 Å². The Balaban J connectivity index is 1.75. The standard InChI is InChI=1S/C20H21N3O2S/c1-23-13-12-21-20(23)26-14-18(24)22-19(15-6-4-3-5-7-15)16-8-10-17(25-2)11-9-16/h3-13,19H,14H2,1-2H3,(H,22,24)/t19-/m1/s1. The lowest BCUT2D eigenvalue weighted by Crippen LogP contribution is -2.30. The number of hydrogen-bond acceptors (Lipinski definition) is 4. The minimum absolute atomic E-state index is 0.0392. The van der Waals surface area contributed by atoms with Gasteiger partial charge in [-0.25, -0.2) is 4.98 Å². The van der Waals surface area contributed by atoms with Crippen molar-refractivity contribution in [1.82, 2.24) is 14.9 Å². The Morgan fingerprint density at radius 2 is 1.85 bits per heavy atom. The Bertz CT molecular complexity index is 847. The zero-order chi connectivity index (χ0) is 18.4. The molecule has 1 N–H and O–H groups in total. The van der Waals surface area contributed by atoms with Gasteiger partial charge in [0.2, 0.25) is 5.91 Å². The van der Waals surface area contributed by atoms with E-state index < -0.39 is 0 Å². The maximum atomic E-state index is 12.5. The molecule has 1 heterocycles. The summed E-state index contributed by atoms with van der Waals surface area (Å²) < 4.78 is 7.13. The van der Waals surface area contributed by atoms with E-state index in [4.69, 9.17) is 4.74 Å². The van der Waals surface area contributed by atoms with Crippen LogP contribution in [-0.2, 0) is 11.8 Å². The number of carbonyl (C=O) groups excluding carboxylic acids is 1. The molecule has 0 saturated carbocycles. The molecule has 0 bridgehead atoms. The molecule has 6 heteroatoms. The van der Waals surface area contributed by atoms with E-state index in [2.05, 4.69) is 10.3 Å². The fourth-order valence-corrected chi connectivity index (χ4v) is 3.37. The van der Waals surface area contributed by atoms with Gasteiger partial charge in [-0.15, -0.1) is 0 Å². The maximum Gasteiger partial charge on any atom is 0.231 e. The molecule has 1 amide bonds. The topological polar surface area (TPSA) is 56.1 Å². The van der Waals surface area contributed by atoms with Gasteiger partial charge in [0.25, 0.3) is 0 Å². The Hall–Kier alpha value is -2.73. The monoisotopic (exact) mass is 367 g/mol. The number of carbonyl (C=O) groups is 1. The largest absolute Gasteiger partial charge is 0.497 e. The van der Waals surface area contributed by atoms with Crippen LogP contribution in [0, 0.1) is 0 Å². The van der Waals surface area contributed by atoms with Crippen molar-refractivity contribution in [3.63, 3.8) is 0 Å². The molecule has 0 aliphatic heterocycles. The van der Waals surface area contributed by atoms with Gasteiger partial charge in [0.15, 0.2) is 5.16 Å². The third-order valence-electron chi connectivity index (χ3n) is 4.00. The summed E-state index contributed by atoms with van der Waals surface area (Å²) in [5.74, 6) is 1.06. The van der Waals surface area contributed by atoms with Crippen molar-refractivity contribution in [1.29, 1.82) is 0 Å². The van der Waals surface area contributed by atoms with E-state index in [1.807, 2.05) is 72.4 Å². The van der Waals surface area contributed by atoms with E-state index in [-0.39, 0.29) is 11.9 Å². The number of methoxy groups -OCH3 is 1. The predicted octanol–water partition coefficient (Wildman–Crippen LogP) is 3.43. The molecule has 0 spiro atoms. The van der Waals surface area contributed by atoms with E-state index >= 15 is 0 Å². The second kappa shape index (κ2) is 8.58. The van der Waals surface area contributed by atoms with Crippen LogP contribution in [0.15, 0.2) is 72.1 Å². The highest BCUT2D eigenvalue weighted by Crippen LogP contribution is 2.24. The normalized spacial score (nSPS) is 11.8. The summed E-state index contributed by atoms with van der Waals surface area (Å²) >= 11 is 1.42. The molecule has 3 rings (SSSR count). The van der Waals surface area contributed by atoms with Crippen molar-refractivity contribution in [2.24, 2.45) is 7.05 Å². The summed E-state index contributed by atoms with van der Waals surface area (Å²) in [6.45, 7) is 0. The Labute approximate surface area is 157 Å². The van der Waals surface area contributed by atoms with Gasteiger partial charge in [-0.2, -0.15) is 0 Å². The van der Waals surface area contributed by atoms with Crippen LogP contribution in [0.1, 0.15) is 17.2 Å². The first-order valence-electron chi connectivity index (χ1n) is 8.26. The molecule has 0 saturated heterocycles. The van der Waals surface area contributed by atoms with Crippen LogP contribution < -0.4 is 10.1 Å². The van der Waals surface area contributed by atoms with Crippen LogP contribution in [0.4, 0.5) is 0 Å². The average molecular weight is 367 g/mol. The molecule has 0 unspecified atom stereocenters. The summed E-state index contributed by atoms with van der Waals surface area (Å²) in [6, 6.07) is 17.5. The van der Waals surface area contributed by atoms with Gasteiger partial charge in [-0.3, -0.25) is 4.79 Å². The molecule has 0 radical (unpaired) electrons. The molecule has 1 aromatic heterocycles. The lowest BCUT2D eigenvalue weighted by atomic mass is 9.98. The van der Waals surface area contributed by atoms with Crippen molar-refractivity contribution in [3.8, 4) is 5.75 Å². The molecular formula is C20H21N3O2S. The van der Waals surface area contributed by atoms with Crippen LogP contribution in [0.2, 0.25) is 0 Å². The second-order valence-corrected chi connectivity index (χ2v) is 6.74. The zero-order valence-corrected chi connectivity index (χ0v) is 15.6. The fourth-order valence-electron chi connectivity index (χ4n) is 2.62. The van der Waals surface area contributed by atoms with Crippen molar-refractivity contribution < 1.29 is 9.53 Å². The van der Waals surface area contributed by atoms with Gasteiger partial charge in [0.05, 0.1) is 18.9 Å². The highest BCUT2D eigenvalue weighted by atomic mass is 32.2. The molecule has 134 valence electrons. The molecule has 26 heavy (non-hydrogen) atoms. The SMILES string of the molecule is COc1ccc([C@H](NC(=O)CSc2nccn2C)c2ccccc2)cc1. The number of thioether (sulfide) groups is 1. The second-order valence-electron chi connectivity index (χ2n) is 5.79. The molecule has 1 atom stereocenters. The van der Waals surface area contributed by atoms with E-state index in [0.717, 1.165) is 22.0 Å². The first-order valence-corrected chi connectivity index (χ1v) is 9.24. The summed E-state index contributed by atoms with van der Waals surface area (Å²) in [4.78, 5) is 16.8. The number of benzene rings is 2. The van der Waals surface area contributed by atoms with Gasteiger partial charge < -0.3 is 14.6 Å². The quantitative estimate of drug-likeness (QED) is 0.650. The lowest BCUT2D eigenvalue weighted by molar-refractivity contribution is -0.119. The smallest absolute Gasteiger partial charge is 0.231 e. The number of nitrogens with zero attached hydrogens (tertiary/aromatic N) is 2. The Kier molecular flexibility index (Phi) is 5.96. The number of amides is 1. The predicted molar refractivity (Wildman–Crippen MR) is 103 cm³/mol. The first kappa shape index (κ1) is 18.1. The number of nitrogens with one attached hydrogen (secondary N) is 1. The van der Waals surface area contributed by atoms with E-state index in [1.165, 1.54) is 11.8 Å². The fraction of sp³-hybridized carbons (Fsp3) is 0.200. The highest BCUT2D eigenvalue weighted by molar-refractivity contribution is 7.99. The molecule has 2 aromatic carbocycles. The van der Waals surface area contributed by atoms with Crippen LogP contribution in [0.5, 0.6) is 5.75 Å². The Morgan fingerprint density at radius 3 is 2.46 bits per heavy atom. The van der Waals surface area contributed by atoms with Gasteiger partial charge >= 0.3 is 0 Å². The average Bonchev–Trinajstić information content (AvgIpc) is 3.10. The number of aromatic nitrogens is 2. The third kappa shape index (κ3) is 4.46. The van der Waals surface area contributed by atoms with Crippen LogP contribution in [-0.4, -0.2) is 28.3 Å². The molecule has 0 fully saturated rings. The molecule has 0 aliphatic rings. The van der Waals surface area contributed by atoms with E-state index in [0.29, 0.717) is 5.75 Å². The lowest BCUT2D eigenvalue weighted by Gasteiger charge is -2.20. The number of hydrogen-bond donors (Lipinski definition) is 1. The van der Waals surface area contributed by atoms with Crippen LogP contribution >= 0.6 is 11.8 Å². The highest BCUT2D eigenvalue weighted by Gasteiger charge is 2.17. The van der Waals surface area contributed by atoms with Gasteiger partial charge in [-0.1, -0.05) is 54.2 Å². The van der Waals surface area contributed by atoms with Crippen molar-refractivity contribution >= 4 is 17.7 Å². The summed E-state index contributed by atoms with van der Waals surface area (Å²) in [5.41, 5.74) is 2.04. The molecule has 5 nitrogen and oxygen atoms in total. The maximum absolute atomic E-state index is 12.5. The summed E-state index contributed by atoms with van der Waals surface area (Å²) in [6.07, 6.45) is 3.59. The zero-order valence-electron chi connectivity index (χ0n) is 14.8. The van der Waals surface area contributed by atoms with Gasteiger partial charge in [0.1, 0.15) is 5.75 Å². The first-order chi connectivity index (χ1) is 12.7. The third-order valence-corrected chi connectivity index (χ3v) is 5.05. The van der Waals surface area contributed by atoms with E-state index in [1.54, 1.807) is 13.3 Å². The minimum Gasteiger partial charge on any atom is -0.497 e. The molecule has 3 aromatic rings. The van der Waals surface area contributed by atoms with Crippen molar-refractivity contribution in [3.05, 3.63) is 78.1 Å². The van der Waals surface area contributed by atoms with Crippen molar-refractivity contribution in [2.75, 3.05) is 12.9 Å². The summed E-state index contributed by atoms with van der Waals surface area (Å²) in [7, 11) is 3.55. The van der Waals surface area contributed by atoms with Gasteiger partial charge in [0, 0.05) is 19.4 Å². The van der Waals surface area contributed by atoms with Crippen molar-refractivity contribution in [2.45, 2.75) is 11.2 Å². The Morgan fingerprint density at radius 1 is 1.15 bits per heavy atom.